The average Bonchev–Trinajstić information content (AvgIpc) is 2.45. The van der Waals surface area contributed by atoms with Crippen LogP contribution in [0, 0.1) is 5.41 Å². The molecule has 0 saturated carbocycles. The fourth-order valence-corrected chi connectivity index (χ4v) is 2.46. The van der Waals surface area contributed by atoms with E-state index in [9.17, 15) is 0 Å². The average molecular weight is 277 g/mol. The van der Waals surface area contributed by atoms with Crippen molar-refractivity contribution in [2.45, 2.75) is 33.2 Å². The molecule has 112 valence electrons. The molecule has 1 aliphatic rings. The molecule has 0 aromatic carbocycles. The predicted octanol–water partition coefficient (Wildman–Crippen LogP) is 2.44. The smallest absolute Gasteiger partial charge is 0.128 e. The van der Waals surface area contributed by atoms with Gasteiger partial charge in [0.1, 0.15) is 5.82 Å². The minimum atomic E-state index is 0.488. The lowest BCUT2D eigenvalue weighted by atomic mass is 9.83. The summed E-state index contributed by atoms with van der Waals surface area (Å²) in [5.41, 5.74) is 1.71. The number of piperidine rings is 1. The summed E-state index contributed by atoms with van der Waals surface area (Å²) < 4.78 is 5.01. The van der Waals surface area contributed by atoms with Crippen molar-refractivity contribution in [2.24, 2.45) is 5.41 Å². The second-order valence-corrected chi connectivity index (χ2v) is 6.35. The van der Waals surface area contributed by atoms with Gasteiger partial charge in [0.2, 0.25) is 0 Å². The van der Waals surface area contributed by atoms with Crippen LogP contribution in [-0.4, -0.2) is 38.3 Å². The van der Waals surface area contributed by atoms with Crippen LogP contribution in [0.25, 0.3) is 0 Å². The number of hydrogen-bond acceptors (Lipinski definition) is 4. The van der Waals surface area contributed by atoms with Gasteiger partial charge in [0.05, 0.1) is 6.61 Å². The zero-order valence-corrected chi connectivity index (χ0v) is 13.0. The van der Waals surface area contributed by atoms with Gasteiger partial charge in [0, 0.05) is 39.5 Å². The molecular formula is C16H27N3O. The Morgan fingerprint density at radius 2 is 2.05 bits per heavy atom. The van der Waals surface area contributed by atoms with Gasteiger partial charge < -0.3 is 15.0 Å². The molecule has 0 spiro atoms. The van der Waals surface area contributed by atoms with E-state index < -0.39 is 0 Å². The van der Waals surface area contributed by atoms with Gasteiger partial charge in [-0.25, -0.2) is 4.98 Å². The first-order valence-electron chi connectivity index (χ1n) is 7.50. The molecule has 1 aromatic rings. The first kappa shape index (κ1) is 15.3. The van der Waals surface area contributed by atoms with E-state index in [2.05, 4.69) is 41.2 Å². The van der Waals surface area contributed by atoms with E-state index in [4.69, 9.17) is 4.74 Å². The first-order chi connectivity index (χ1) is 9.61. The summed E-state index contributed by atoms with van der Waals surface area (Å²) in [6.07, 6.45) is 4.47. The Balaban J connectivity index is 1.82. The van der Waals surface area contributed by atoms with Crippen LogP contribution < -0.4 is 10.2 Å². The molecule has 1 N–H and O–H groups in total. The van der Waals surface area contributed by atoms with Crippen molar-refractivity contribution in [2.75, 3.05) is 38.3 Å². The van der Waals surface area contributed by atoms with Crippen molar-refractivity contribution in [3.63, 3.8) is 0 Å². The van der Waals surface area contributed by atoms with Crippen molar-refractivity contribution >= 4 is 5.82 Å². The van der Waals surface area contributed by atoms with Crippen LogP contribution in [0.3, 0.4) is 0 Å². The topological polar surface area (TPSA) is 37.4 Å². The van der Waals surface area contributed by atoms with Crippen LogP contribution in [0.5, 0.6) is 0 Å². The number of nitrogens with one attached hydrogen (secondary N) is 1. The van der Waals surface area contributed by atoms with Gasteiger partial charge in [-0.05, 0) is 29.9 Å². The zero-order valence-electron chi connectivity index (χ0n) is 13.0. The summed E-state index contributed by atoms with van der Waals surface area (Å²) in [5.74, 6) is 1.11. The minimum absolute atomic E-state index is 0.488. The SMILES string of the molecule is COCCNCc1ccc(N2CCC(C)(C)CC2)nc1. The summed E-state index contributed by atoms with van der Waals surface area (Å²) in [5, 5.41) is 3.33. The normalized spacial score (nSPS) is 18.2. The summed E-state index contributed by atoms with van der Waals surface area (Å²) in [4.78, 5) is 7.00. The predicted molar refractivity (Wildman–Crippen MR) is 83.0 cm³/mol. The zero-order chi connectivity index (χ0) is 14.4. The monoisotopic (exact) mass is 277 g/mol. The second-order valence-electron chi connectivity index (χ2n) is 6.35. The number of methoxy groups -OCH3 is 1. The highest BCUT2D eigenvalue weighted by Gasteiger charge is 2.25. The number of anilines is 1. The van der Waals surface area contributed by atoms with E-state index >= 15 is 0 Å². The Morgan fingerprint density at radius 3 is 2.65 bits per heavy atom. The molecule has 0 amide bonds. The van der Waals surface area contributed by atoms with Crippen molar-refractivity contribution in [1.29, 1.82) is 0 Å². The summed E-state index contributed by atoms with van der Waals surface area (Å²) >= 11 is 0. The Morgan fingerprint density at radius 1 is 1.30 bits per heavy atom. The van der Waals surface area contributed by atoms with Gasteiger partial charge in [-0.2, -0.15) is 0 Å². The fourth-order valence-electron chi connectivity index (χ4n) is 2.46. The maximum atomic E-state index is 5.01. The van der Waals surface area contributed by atoms with Crippen molar-refractivity contribution in [1.82, 2.24) is 10.3 Å². The molecule has 4 nitrogen and oxygen atoms in total. The van der Waals surface area contributed by atoms with E-state index in [0.29, 0.717) is 5.41 Å². The Hall–Kier alpha value is -1.13. The molecular weight excluding hydrogens is 250 g/mol. The van der Waals surface area contributed by atoms with Crippen LogP contribution >= 0.6 is 0 Å². The standard InChI is InChI=1S/C16H27N3O/c1-16(2)6-9-19(10-7-16)15-5-4-14(13-18-15)12-17-8-11-20-3/h4-5,13,17H,6-12H2,1-3H3. The summed E-state index contributed by atoms with van der Waals surface area (Å²) in [7, 11) is 1.72. The van der Waals surface area contributed by atoms with Gasteiger partial charge in [0.25, 0.3) is 0 Å². The molecule has 0 unspecified atom stereocenters. The van der Waals surface area contributed by atoms with Crippen molar-refractivity contribution < 1.29 is 4.74 Å². The fraction of sp³-hybridized carbons (Fsp3) is 0.688. The molecule has 1 saturated heterocycles. The Bertz CT molecular complexity index is 393. The molecule has 1 aliphatic heterocycles. The number of nitrogens with zero attached hydrogens (tertiary/aromatic N) is 2. The van der Waals surface area contributed by atoms with Gasteiger partial charge in [-0.15, -0.1) is 0 Å². The van der Waals surface area contributed by atoms with Crippen LogP contribution in [0.1, 0.15) is 32.3 Å². The number of hydrogen-bond donors (Lipinski definition) is 1. The number of ether oxygens (including phenoxy) is 1. The number of pyridine rings is 1. The van der Waals surface area contributed by atoms with Gasteiger partial charge >= 0.3 is 0 Å². The third kappa shape index (κ3) is 4.46. The van der Waals surface area contributed by atoms with E-state index in [1.54, 1.807) is 7.11 Å². The second kappa shape index (κ2) is 7.04. The third-order valence-electron chi connectivity index (χ3n) is 4.06. The van der Waals surface area contributed by atoms with Gasteiger partial charge in [-0.1, -0.05) is 19.9 Å². The molecule has 0 bridgehead atoms. The van der Waals surface area contributed by atoms with Crippen LogP contribution in [-0.2, 0) is 11.3 Å². The molecule has 20 heavy (non-hydrogen) atoms. The van der Waals surface area contributed by atoms with Crippen LogP contribution in [0.2, 0.25) is 0 Å². The third-order valence-corrected chi connectivity index (χ3v) is 4.06. The van der Waals surface area contributed by atoms with Gasteiger partial charge in [-0.3, -0.25) is 0 Å². The molecule has 2 heterocycles. The first-order valence-corrected chi connectivity index (χ1v) is 7.50. The lowest BCUT2D eigenvalue weighted by molar-refractivity contribution is 0.199. The quantitative estimate of drug-likeness (QED) is 0.811. The Kier molecular flexibility index (Phi) is 5.38. The molecule has 2 rings (SSSR count). The highest BCUT2D eigenvalue weighted by atomic mass is 16.5. The number of rotatable bonds is 6. The molecule has 1 fully saturated rings. The van der Waals surface area contributed by atoms with Gasteiger partial charge in [0.15, 0.2) is 0 Å². The van der Waals surface area contributed by atoms with Crippen LogP contribution in [0.15, 0.2) is 18.3 Å². The largest absolute Gasteiger partial charge is 0.383 e. The summed E-state index contributed by atoms with van der Waals surface area (Å²) in [6, 6.07) is 4.31. The maximum absolute atomic E-state index is 5.01. The van der Waals surface area contributed by atoms with E-state index in [-0.39, 0.29) is 0 Å². The highest BCUT2D eigenvalue weighted by Crippen LogP contribution is 2.31. The van der Waals surface area contributed by atoms with Crippen LogP contribution in [0.4, 0.5) is 5.82 Å². The maximum Gasteiger partial charge on any atom is 0.128 e. The van der Waals surface area contributed by atoms with Crippen molar-refractivity contribution in [3.05, 3.63) is 23.9 Å². The van der Waals surface area contributed by atoms with E-state index in [0.717, 1.165) is 38.6 Å². The van der Waals surface area contributed by atoms with E-state index in [1.807, 2.05) is 6.20 Å². The highest BCUT2D eigenvalue weighted by molar-refractivity contribution is 5.39. The Labute approximate surface area is 122 Å². The summed E-state index contributed by atoms with van der Waals surface area (Å²) in [6.45, 7) is 9.41. The molecule has 0 radical (unpaired) electrons. The lowest BCUT2D eigenvalue weighted by Crippen LogP contribution is -2.37. The van der Waals surface area contributed by atoms with E-state index in [1.165, 1.54) is 18.4 Å². The lowest BCUT2D eigenvalue weighted by Gasteiger charge is -2.37. The minimum Gasteiger partial charge on any atom is -0.383 e. The molecule has 0 atom stereocenters. The molecule has 4 heteroatoms. The molecule has 1 aromatic heterocycles. The molecule has 0 aliphatic carbocycles. The van der Waals surface area contributed by atoms with Crippen molar-refractivity contribution in [3.8, 4) is 0 Å². The number of aromatic nitrogens is 1.